The van der Waals surface area contributed by atoms with Crippen molar-refractivity contribution in [2.75, 3.05) is 18.5 Å². The Balaban J connectivity index is 1.39. The van der Waals surface area contributed by atoms with Crippen LogP contribution in [0, 0.1) is 0 Å². The van der Waals surface area contributed by atoms with E-state index in [0.717, 1.165) is 22.3 Å². The van der Waals surface area contributed by atoms with Gasteiger partial charge in [-0.1, -0.05) is 53.7 Å². The molecule has 1 atom stereocenters. The normalized spacial score (nSPS) is 13.0. The molecule has 0 bridgehead atoms. The average molecular weight is 463 g/mol. The van der Waals surface area contributed by atoms with Crippen LogP contribution in [0.2, 0.25) is 0 Å². The molecule has 0 aliphatic heterocycles. The fourth-order valence-electron chi connectivity index (χ4n) is 4.34. The number of rotatable bonds is 8. The number of hydrogen-bond donors (Lipinski definition) is 2. The Morgan fingerprint density at radius 1 is 1.12 bits per heavy atom. The zero-order valence-electron chi connectivity index (χ0n) is 18.9. The second kappa shape index (κ2) is 9.78. The SMILES string of the molecule is CCN(C(=O)c1cc(NC(=O)OCC2c3ccccc3-c3ccccc32)on1)C(C)CC(=O)O. The second-order valence-electron chi connectivity index (χ2n) is 8.07. The number of carboxylic acid groups (broad SMARTS) is 1. The minimum atomic E-state index is -1.00. The Morgan fingerprint density at radius 3 is 2.32 bits per heavy atom. The first-order valence-corrected chi connectivity index (χ1v) is 11.0. The lowest BCUT2D eigenvalue weighted by Gasteiger charge is -2.25. The molecule has 0 spiro atoms. The highest BCUT2D eigenvalue weighted by atomic mass is 16.6. The van der Waals surface area contributed by atoms with Crippen molar-refractivity contribution in [1.29, 1.82) is 0 Å². The molecule has 9 heteroatoms. The van der Waals surface area contributed by atoms with E-state index in [1.54, 1.807) is 13.8 Å². The highest BCUT2D eigenvalue weighted by molar-refractivity contribution is 5.94. The molecule has 1 aliphatic carbocycles. The van der Waals surface area contributed by atoms with E-state index in [-0.39, 0.29) is 30.5 Å². The number of carbonyl (C=O) groups excluding carboxylic acids is 2. The molecule has 2 N–H and O–H groups in total. The van der Waals surface area contributed by atoms with Gasteiger partial charge in [-0.25, -0.2) is 4.79 Å². The van der Waals surface area contributed by atoms with Crippen LogP contribution >= 0.6 is 0 Å². The first-order valence-electron chi connectivity index (χ1n) is 11.0. The van der Waals surface area contributed by atoms with Crippen LogP contribution in [0.5, 0.6) is 0 Å². The van der Waals surface area contributed by atoms with Gasteiger partial charge in [0, 0.05) is 24.6 Å². The molecule has 0 saturated heterocycles. The van der Waals surface area contributed by atoms with Gasteiger partial charge < -0.3 is 19.3 Å². The van der Waals surface area contributed by atoms with Crippen molar-refractivity contribution < 1.29 is 28.8 Å². The number of fused-ring (bicyclic) bond motifs is 3. The summed E-state index contributed by atoms with van der Waals surface area (Å²) < 4.78 is 10.5. The Kier molecular flexibility index (Phi) is 6.62. The summed E-state index contributed by atoms with van der Waals surface area (Å²) in [5.74, 6) is -1.61. The third-order valence-corrected chi connectivity index (χ3v) is 5.90. The van der Waals surface area contributed by atoms with Gasteiger partial charge in [0.25, 0.3) is 5.91 Å². The van der Waals surface area contributed by atoms with Gasteiger partial charge in [0.15, 0.2) is 5.69 Å². The van der Waals surface area contributed by atoms with E-state index in [1.165, 1.54) is 11.0 Å². The minimum absolute atomic E-state index is 0.0342. The average Bonchev–Trinajstić information content (AvgIpc) is 3.40. The summed E-state index contributed by atoms with van der Waals surface area (Å²) >= 11 is 0. The number of ether oxygens (including phenoxy) is 1. The lowest BCUT2D eigenvalue weighted by molar-refractivity contribution is -0.138. The maximum absolute atomic E-state index is 12.7. The number of hydrogen-bond acceptors (Lipinski definition) is 6. The zero-order valence-corrected chi connectivity index (χ0v) is 18.9. The van der Waals surface area contributed by atoms with Gasteiger partial charge in [0.2, 0.25) is 5.88 Å². The number of benzene rings is 2. The predicted molar refractivity (Wildman–Crippen MR) is 124 cm³/mol. The quantitative estimate of drug-likeness (QED) is 0.509. The maximum atomic E-state index is 12.7. The van der Waals surface area contributed by atoms with Gasteiger partial charge in [0.1, 0.15) is 6.61 Å². The fraction of sp³-hybridized carbons (Fsp3) is 0.280. The number of anilines is 1. The third-order valence-electron chi connectivity index (χ3n) is 5.90. The van der Waals surface area contributed by atoms with Crippen molar-refractivity contribution in [1.82, 2.24) is 10.1 Å². The van der Waals surface area contributed by atoms with Crippen LogP contribution in [-0.4, -0.2) is 52.3 Å². The molecule has 2 aromatic carbocycles. The number of nitrogens with one attached hydrogen (secondary N) is 1. The second-order valence-corrected chi connectivity index (χ2v) is 8.07. The van der Waals surface area contributed by atoms with E-state index in [9.17, 15) is 14.4 Å². The number of nitrogens with zero attached hydrogens (tertiary/aromatic N) is 2. The maximum Gasteiger partial charge on any atom is 0.414 e. The van der Waals surface area contributed by atoms with Gasteiger partial charge >= 0.3 is 12.1 Å². The molecular formula is C25H25N3O6. The van der Waals surface area contributed by atoms with Gasteiger partial charge in [-0.2, -0.15) is 0 Å². The third kappa shape index (κ3) is 4.63. The fourth-order valence-corrected chi connectivity index (χ4v) is 4.34. The molecule has 3 aromatic rings. The smallest absolute Gasteiger partial charge is 0.414 e. The molecule has 34 heavy (non-hydrogen) atoms. The Labute approximate surface area is 196 Å². The zero-order chi connectivity index (χ0) is 24.2. The number of amides is 2. The van der Waals surface area contributed by atoms with E-state index in [2.05, 4.69) is 22.6 Å². The van der Waals surface area contributed by atoms with Crippen LogP contribution in [0.3, 0.4) is 0 Å². The first kappa shape index (κ1) is 23.0. The monoisotopic (exact) mass is 463 g/mol. The lowest BCUT2D eigenvalue weighted by Crippen LogP contribution is -2.39. The number of carbonyl (C=O) groups is 3. The summed E-state index contributed by atoms with van der Waals surface area (Å²) in [6, 6.07) is 16.8. The number of aliphatic carboxylic acids is 1. The Bertz CT molecular complexity index is 1180. The van der Waals surface area contributed by atoms with Crippen LogP contribution < -0.4 is 5.32 Å². The van der Waals surface area contributed by atoms with Crippen molar-refractivity contribution in [3.05, 3.63) is 71.4 Å². The molecule has 4 rings (SSSR count). The molecule has 0 fully saturated rings. The summed E-state index contributed by atoms with van der Waals surface area (Å²) in [4.78, 5) is 37.5. The molecule has 9 nitrogen and oxygen atoms in total. The Morgan fingerprint density at radius 2 is 1.74 bits per heavy atom. The van der Waals surface area contributed by atoms with E-state index < -0.39 is 24.0 Å². The van der Waals surface area contributed by atoms with Crippen LogP contribution in [0.15, 0.2) is 59.1 Å². The Hall–Kier alpha value is -4.14. The van der Waals surface area contributed by atoms with Crippen LogP contribution in [-0.2, 0) is 9.53 Å². The van der Waals surface area contributed by atoms with Gasteiger partial charge in [-0.3, -0.25) is 14.9 Å². The van der Waals surface area contributed by atoms with Crippen LogP contribution in [0.4, 0.5) is 10.7 Å². The minimum Gasteiger partial charge on any atom is -0.481 e. The summed E-state index contributed by atoms with van der Waals surface area (Å²) in [5, 5.41) is 15.2. The van der Waals surface area contributed by atoms with Gasteiger partial charge in [-0.15, -0.1) is 0 Å². The highest BCUT2D eigenvalue weighted by Crippen LogP contribution is 2.44. The van der Waals surface area contributed by atoms with Crippen molar-refractivity contribution >= 4 is 23.9 Å². The summed E-state index contributed by atoms with van der Waals surface area (Å²) in [6.07, 6.45) is -0.925. The summed E-state index contributed by atoms with van der Waals surface area (Å²) in [5.41, 5.74) is 4.41. The van der Waals surface area contributed by atoms with Gasteiger partial charge in [0.05, 0.1) is 6.42 Å². The number of aromatic nitrogens is 1. The van der Waals surface area contributed by atoms with Gasteiger partial charge in [-0.05, 0) is 36.1 Å². The van der Waals surface area contributed by atoms with E-state index in [0.29, 0.717) is 6.54 Å². The van der Waals surface area contributed by atoms with Crippen molar-refractivity contribution in [2.45, 2.75) is 32.2 Å². The topological polar surface area (TPSA) is 122 Å². The largest absolute Gasteiger partial charge is 0.481 e. The van der Waals surface area contributed by atoms with Crippen LogP contribution in [0.25, 0.3) is 11.1 Å². The first-order chi connectivity index (χ1) is 16.4. The van der Waals surface area contributed by atoms with Crippen molar-refractivity contribution in [3.8, 4) is 11.1 Å². The van der Waals surface area contributed by atoms with E-state index in [4.69, 9.17) is 14.4 Å². The lowest BCUT2D eigenvalue weighted by atomic mass is 9.98. The summed E-state index contributed by atoms with van der Waals surface area (Å²) in [6.45, 7) is 3.82. The molecular weight excluding hydrogens is 438 g/mol. The number of carboxylic acids is 1. The molecule has 0 saturated carbocycles. The molecule has 176 valence electrons. The summed E-state index contributed by atoms with van der Waals surface area (Å²) in [7, 11) is 0. The highest BCUT2D eigenvalue weighted by Gasteiger charge is 2.29. The molecule has 1 aliphatic rings. The molecule has 1 heterocycles. The molecule has 0 radical (unpaired) electrons. The van der Waals surface area contributed by atoms with Crippen LogP contribution in [0.1, 0.15) is 47.8 Å². The van der Waals surface area contributed by atoms with Crippen molar-refractivity contribution in [2.24, 2.45) is 0 Å². The van der Waals surface area contributed by atoms with Crippen molar-refractivity contribution in [3.63, 3.8) is 0 Å². The predicted octanol–water partition coefficient (Wildman–Crippen LogP) is 4.36. The molecule has 2 amide bonds. The molecule has 1 unspecified atom stereocenters. The standard InChI is InChI=1S/C25H25N3O6/c1-3-28(15(2)12-23(29)30)24(31)21-13-22(34-27-21)26-25(32)33-14-20-18-10-6-4-8-16(18)17-9-5-7-11-19(17)20/h4-11,13,15,20H,3,12,14H2,1-2H3,(H,26,32)(H,29,30). The van der Waals surface area contributed by atoms with E-state index in [1.807, 2.05) is 36.4 Å². The molecule has 1 aromatic heterocycles. The van der Waals surface area contributed by atoms with E-state index >= 15 is 0 Å².